The summed E-state index contributed by atoms with van der Waals surface area (Å²) in [6.45, 7) is 9.93. The molecule has 3 rings (SSSR count). The van der Waals surface area contributed by atoms with E-state index in [1.807, 2.05) is 25.1 Å². The van der Waals surface area contributed by atoms with Crippen molar-refractivity contribution in [2.45, 2.75) is 77.7 Å². The molecule has 1 aliphatic carbocycles. The lowest BCUT2D eigenvalue weighted by molar-refractivity contribution is 0.0107. The van der Waals surface area contributed by atoms with E-state index in [0.29, 0.717) is 12.1 Å². The molecule has 1 aromatic carbocycles. The number of hydrogen-bond donors (Lipinski definition) is 2. The lowest BCUT2D eigenvalue weighted by atomic mass is 9.67. The van der Waals surface area contributed by atoms with E-state index in [0.717, 1.165) is 61.9 Å². The molecule has 1 amide bonds. The van der Waals surface area contributed by atoms with Crippen LogP contribution < -0.4 is 10.1 Å². The van der Waals surface area contributed by atoms with Crippen molar-refractivity contribution in [3.8, 4) is 11.5 Å². The zero-order valence-electron chi connectivity index (χ0n) is 20.2. The topological polar surface area (TPSA) is 61.8 Å². The third-order valence-electron chi connectivity index (χ3n) is 6.85. The number of phenols is 1. The molecule has 1 aliphatic heterocycles. The average molecular weight is 429 g/mol. The molecule has 0 saturated heterocycles. The van der Waals surface area contributed by atoms with Gasteiger partial charge in [0.1, 0.15) is 17.1 Å². The first kappa shape index (κ1) is 23.6. The summed E-state index contributed by atoms with van der Waals surface area (Å²) in [5.41, 5.74) is 3.15. The molecular formula is C26H40N2O3. The highest BCUT2D eigenvalue weighted by Gasteiger charge is 2.46. The highest BCUT2D eigenvalue weighted by molar-refractivity contribution is 5.99. The number of amides is 1. The number of rotatable bonds is 8. The molecule has 0 fully saturated rings. The van der Waals surface area contributed by atoms with E-state index in [4.69, 9.17) is 4.74 Å². The Morgan fingerprint density at radius 3 is 2.74 bits per heavy atom. The molecule has 0 bridgehead atoms. The molecule has 1 unspecified atom stereocenters. The number of benzene rings is 1. The van der Waals surface area contributed by atoms with Crippen molar-refractivity contribution >= 4 is 5.91 Å². The molecule has 1 heterocycles. The maximum Gasteiger partial charge on any atom is 0.255 e. The van der Waals surface area contributed by atoms with E-state index in [1.54, 1.807) is 0 Å². The number of unbranched alkanes of at least 4 members (excludes halogenated alkanes) is 2. The van der Waals surface area contributed by atoms with Gasteiger partial charge in [-0.05, 0) is 72.2 Å². The van der Waals surface area contributed by atoms with Crippen molar-refractivity contribution < 1.29 is 14.6 Å². The number of nitrogens with zero attached hydrogens (tertiary/aromatic N) is 1. The normalized spacial score (nSPS) is 21.7. The first-order valence-electron chi connectivity index (χ1n) is 11.8. The van der Waals surface area contributed by atoms with Crippen molar-refractivity contribution in [1.82, 2.24) is 10.2 Å². The quantitative estimate of drug-likeness (QED) is 0.450. The number of allylic oxidation sites excluding steroid dienone is 2. The number of fused-ring (bicyclic) bond motifs is 3. The van der Waals surface area contributed by atoms with Gasteiger partial charge in [-0.1, -0.05) is 31.4 Å². The van der Waals surface area contributed by atoms with Gasteiger partial charge in [-0.3, -0.25) is 4.79 Å². The molecule has 2 atom stereocenters. The van der Waals surface area contributed by atoms with Crippen LogP contribution in [-0.4, -0.2) is 48.7 Å². The van der Waals surface area contributed by atoms with E-state index in [1.165, 1.54) is 5.57 Å². The highest BCUT2D eigenvalue weighted by atomic mass is 16.5. The van der Waals surface area contributed by atoms with Crippen molar-refractivity contribution in [3.63, 3.8) is 0 Å². The molecule has 0 spiro atoms. The molecule has 0 saturated carbocycles. The molecule has 1 aromatic rings. The number of carbonyl (C=O) groups is 1. The number of carbonyl (C=O) groups excluding carboxylic acids is 1. The number of nitrogens with one attached hydrogen (secondary N) is 1. The van der Waals surface area contributed by atoms with Crippen LogP contribution in [0.25, 0.3) is 0 Å². The molecule has 2 N–H and O–H groups in total. The SMILES string of the molecule is CCCCCc1cc2c(c(O)c1C(=O)NCCN(C)C)C1C=C(C)CC[C@H]1C(C)(C)O2. The molecule has 2 aliphatic rings. The van der Waals surface area contributed by atoms with Crippen molar-refractivity contribution in [3.05, 3.63) is 34.4 Å². The lowest BCUT2D eigenvalue weighted by Gasteiger charge is -2.46. The van der Waals surface area contributed by atoms with Gasteiger partial charge in [-0.15, -0.1) is 0 Å². The van der Waals surface area contributed by atoms with Crippen molar-refractivity contribution in [2.24, 2.45) is 5.92 Å². The molecule has 5 heteroatoms. The predicted molar refractivity (Wildman–Crippen MR) is 126 cm³/mol. The molecule has 0 aromatic heterocycles. The van der Waals surface area contributed by atoms with Gasteiger partial charge in [0.2, 0.25) is 0 Å². The summed E-state index contributed by atoms with van der Waals surface area (Å²) in [5, 5.41) is 14.5. The van der Waals surface area contributed by atoms with Gasteiger partial charge >= 0.3 is 0 Å². The second kappa shape index (κ2) is 9.64. The number of hydrogen-bond acceptors (Lipinski definition) is 4. The van der Waals surface area contributed by atoms with Gasteiger partial charge in [0.25, 0.3) is 5.91 Å². The Morgan fingerprint density at radius 1 is 1.32 bits per heavy atom. The Kier molecular flexibility index (Phi) is 7.35. The van der Waals surface area contributed by atoms with Crippen LogP contribution in [0.5, 0.6) is 11.5 Å². The molecule has 31 heavy (non-hydrogen) atoms. The Balaban J connectivity index is 2.06. The Morgan fingerprint density at radius 2 is 2.06 bits per heavy atom. The highest BCUT2D eigenvalue weighted by Crippen LogP contribution is 2.54. The van der Waals surface area contributed by atoms with Crippen LogP contribution in [0.2, 0.25) is 0 Å². The van der Waals surface area contributed by atoms with Gasteiger partial charge in [-0.2, -0.15) is 0 Å². The number of likely N-dealkylation sites (N-methyl/N-ethyl adjacent to an activating group) is 1. The van der Waals surface area contributed by atoms with Gasteiger partial charge in [-0.25, -0.2) is 0 Å². The summed E-state index contributed by atoms with van der Waals surface area (Å²) in [6.07, 6.45) is 8.32. The van der Waals surface area contributed by atoms with E-state index >= 15 is 0 Å². The third-order valence-corrected chi connectivity index (χ3v) is 6.85. The Labute approximate surface area is 187 Å². The van der Waals surface area contributed by atoms with E-state index < -0.39 is 0 Å². The summed E-state index contributed by atoms with van der Waals surface area (Å²) in [4.78, 5) is 15.2. The first-order chi connectivity index (χ1) is 14.7. The van der Waals surface area contributed by atoms with Crippen LogP contribution in [0, 0.1) is 5.92 Å². The maximum atomic E-state index is 13.2. The van der Waals surface area contributed by atoms with Crippen LogP contribution in [-0.2, 0) is 6.42 Å². The predicted octanol–water partition coefficient (Wildman–Crippen LogP) is 5.03. The van der Waals surface area contributed by atoms with Crippen LogP contribution in [0.3, 0.4) is 0 Å². The lowest BCUT2D eigenvalue weighted by Crippen LogP contribution is -2.45. The Hall–Kier alpha value is -2.01. The molecule has 5 nitrogen and oxygen atoms in total. The first-order valence-corrected chi connectivity index (χ1v) is 11.8. The van der Waals surface area contributed by atoms with Gasteiger partial charge < -0.3 is 20.1 Å². The number of aromatic hydroxyl groups is 1. The zero-order valence-corrected chi connectivity index (χ0v) is 20.2. The number of phenolic OH excluding ortho intramolecular Hbond substituents is 1. The van der Waals surface area contributed by atoms with Gasteiger partial charge in [0.05, 0.1) is 5.56 Å². The van der Waals surface area contributed by atoms with Crippen LogP contribution in [0.1, 0.15) is 87.2 Å². The smallest absolute Gasteiger partial charge is 0.255 e. The Bertz CT molecular complexity index is 842. The van der Waals surface area contributed by atoms with Crippen LogP contribution >= 0.6 is 0 Å². The van der Waals surface area contributed by atoms with Crippen LogP contribution in [0.4, 0.5) is 0 Å². The summed E-state index contributed by atoms with van der Waals surface area (Å²) in [5.74, 6) is 1.02. The standard InChI is InChI=1S/C26H40N2O3/c1-7-8-9-10-18-16-21-23(24(29)22(18)25(30)27-13-14-28(5)6)19-15-17(2)11-12-20(19)26(3,4)31-21/h15-16,19-20,29H,7-14H2,1-6H3,(H,27,30)/t19?,20-/m1/s1. The second-order valence-corrected chi connectivity index (χ2v) is 10.1. The number of ether oxygens (including phenoxy) is 1. The summed E-state index contributed by atoms with van der Waals surface area (Å²) >= 11 is 0. The fourth-order valence-electron chi connectivity index (χ4n) is 5.11. The zero-order chi connectivity index (χ0) is 22.8. The fraction of sp³-hybridized carbons (Fsp3) is 0.654. The summed E-state index contributed by atoms with van der Waals surface area (Å²) in [6, 6.07) is 2.03. The van der Waals surface area contributed by atoms with E-state index in [9.17, 15) is 9.90 Å². The number of aryl methyl sites for hydroxylation is 1. The molecule has 0 radical (unpaired) electrons. The third kappa shape index (κ3) is 5.08. The largest absolute Gasteiger partial charge is 0.507 e. The fourth-order valence-corrected chi connectivity index (χ4v) is 5.11. The maximum absolute atomic E-state index is 13.2. The minimum atomic E-state index is -0.308. The molecular weight excluding hydrogens is 388 g/mol. The summed E-state index contributed by atoms with van der Waals surface area (Å²) < 4.78 is 6.47. The second-order valence-electron chi connectivity index (χ2n) is 10.1. The monoisotopic (exact) mass is 428 g/mol. The van der Waals surface area contributed by atoms with Gasteiger partial charge in [0, 0.05) is 30.5 Å². The van der Waals surface area contributed by atoms with Crippen LogP contribution in [0.15, 0.2) is 17.7 Å². The minimum Gasteiger partial charge on any atom is -0.507 e. The van der Waals surface area contributed by atoms with E-state index in [2.05, 4.69) is 39.1 Å². The van der Waals surface area contributed by atoms with Crippen molar-refractivity contribution in [2.75, 3.05) is 27.2 Å². The van der Waals surface area contributed by atoms with E-state index in [-0.39, 0.29) is 29.1 Å². The average Bonchev–Trinajstić information content (AvgIpc) is 2.66. The van der Waals surface area contributed by atoms with Crippen molar-refractivity contribution in [1.29, 1.82) is 0 Å². The summed E-state index contributed by atoms with van der Waals surface area (Å²) in [7, 11) is 3.96. The minimum absolute atomic E-state index is 0.0746. The van der Waals surface area contributed by atoms with Gasteiger partial charge in [0.15, 0.2) is 0 Å². The molecule has 172 valence electrons.